The Morgan fingerprint density at radius 2 is 2.05 bits per heavy atom. The van der Waals surface area contributed by atoms with Gasteiger partial charge < -0.3 is 15.5 Å². The molecule has 1 aromatic carbocycles. The SMILES string of the molecule is O=C(O)c1cc(Br)cnc1NC(CO)Cc1ccccc1. The molecule has 2 aromatic rings. The van der Waals surface area contributed by atoms with Crippen molar-refractivity contribution in [3.8, 4) is 0 Å². The van der Waals surface area contributed by atoms with E-state index >= 15 is 0 Å². The van der Waals surface area contributed by atoms with Crippen molar-refractivity contribution >= 4 is 27.7 Å². The third-order valence-electron chi connectivity index (χ3n) is 2.97. The number of benzene rings is 1. The molecule has 1 heterocycles. The van der Waals surface area contributed by atoms with Crippen molar-refractivity contribution in [3.63, 3.8) is 0 Å². The predicted octanol–water partition coefficient (Wildman–Crippen LogP) is 2.56. The molecule has 0 aliphatic heterocycles. The molecule has 0 radical (unpaired) electrons. The minimum atomic E-state index is -1.07. The van der Waals surface area contributed by atoms with Crippen molar-refractivity contribution in [2.45, 2.75) is 12.5 Å². The summed E-state index contributed by atoms with van der Waals surface area (Å²) in [5.41, 5.74) is 1.12. The second-order valence-corrected chi connectivity index (χ2v) is 5.48. The number of aliphatic hydroxyl groups excluding tert-OH is 1. The standard InChI is InChI=1S/C15H15BrN2O3/c16-11-7-13(15(20)21)14(17-8-11)18-12(9-19)6-10-4-2-1-3-5-10/h1-5,7-8,12,19H,6,9H2,(H,17,18)(H,20,21). The van der Waals surface area contributed by atoms with Gasteiger partial charge >= 0.3 is 5.97 Å². The summed E-state index contributed by atoms with van der Waals surface area (Å²) in [5.74, 6) is -0.816. The van der Waals surface area contributed by atoms with Crippen molar-refractivity contribution in [1.29, 1.82) is 0 Å². The number of aromatic nitrogens is 1. The van der Waals surface area contributed by atoms with Crippen molar-refractivity contribution in [1.82, 2.24) is 4.98 Å². The number of carboxylic acids is 1. The smallest absolute Gasteiger partial charge is 0.339 e. The summed E-state index contributed by atoms with van der Waals surface area (Å²) in [7, 11) is 0. The van der Waals surface area contributed by atoms with Crippen LogP contribution in [-0.4, -0.2) is 33.8 Å². The van der Waals surface area contributed by atoms with E-state index in [0.29, 0.717) is 10.9 Å². The molecular formula is C15H15BrN2O3. The molecular weight excluding hydrogens is 336 g/mol. The Balaban J connectivity index is 2.17. The number of halogens is 1. The lowest BCUT2D eigenvalue weighted by molar-refractivity contribution is 0.0697. The summed E-state index contributed by atoms with van der Waals surface area (Å²) in [5, 5.41) is 21.7. The van der Waals surface area contributed by atoms with Gasteiger partial charge in [-0.1, -0.05) is 30.3 Å². The molecule has 3 N–H and O–H groups in total. The van der Waals surface area contributed by atoms with Crippen LogP contribution in [0.1, 0.15) is 15.9 Å². The molecule has 0 saturated heterocycles. The van der Waals surface area contributed by atoms with E-state index < -0.39 is 5.97 Å². The van der Waals surface area contributed by atoms with Crippen molar-refractivity contribution in [2.24, 2.45) is 0 Å². The quantitative estimate of drug-likeness (QED) is 0.745. The summed E-state index contributed by atoms with van der Waals surface area (Å²) in [6.45, 7) is -0.119. The lowest BCUT2D eigenvalue weighted by Crippen LogP contribution is -2.28. The van der Waals surface area contributed by atoms with Gasteiger partial charge in [-0.3, -0.25) is 0 Å². The van der Waals surface area contributed by atoms with E-state index in [1.54, 1.807) is 0 Å². The van der Waals surface area contributed by atoms with Crippen LogP contribution in [-0.2, 0) is 6.42 Å². The van der Waals surface area contributed by atoms with Crippen molar-refractivity contribution < 1.29 is 15.0 Å². The number of pyridine rings is 1. The van der Waals surface area contributed by atoms with Crippen LogP contribution in [0.25, 0.3) is 0 Å². The molecule has 1 atom stereocenters. The van der Waals surface area contributed by atoms with Gasteiger partial charge in [-0.25, -0.2) is 9.78 Å². The first-order valence-electron chi connectivity index (χ1n) is 6.40. The van der Waals surface area contributed by atoms with E-state index in [1.165, 1.54) is 12.3 Å². The first-order chi connectivity index (χ1) is 10.1. The van der Waals surface area contributed by atoms with E-state index in [9.17, 15) is 15.0 Å². The third kappa shape index (κ3) is 4.27. The molecule has 21 heavy (non-hydrogen) atoms. The topological polar surface area (TPSA) is 82.5 Å². The number of aliphatic hydroxyl groups is 1. The zero-order chi connectivity index (χ0) is 15.2. The highest BCUT2D eigenvalue weighted by Crippen LogP contribution is 2.19. The number of hydrogen-bond donors (Lipinski definition) is 3. The Morgan fingerprint density at radius 1 is 1.33 bits per heavy atom. The Labute approximate surface area is 130 Å². The number of nitrogens with zero attached hydrogens (tertiary/aromatic N) is 1. The largest absolute Gasteiger partial charge is 0.478 e. The van der Waals surface area contributed by atoms with Gasteiger partial charge in [0.25, 0.3) is 0 Å². The van der Waals surface area contributed by atoms with Gasteiger partial charge in [0.15, 0.2) is 0 Å². The van der Waals surface area contributed by atoms with E-state index in [2.05, 4.69) is 26.2 Å². The molecule has 2 rings (SSSR count). The lowest BCUT2D eigenvalue weighted by Gasteiger charge is -2.18. The van der Waals surface area contributed by atoms with Crippen molar-refractivity contribution in [3.05, 3.63) is 58.2 Å². The van der Waals surface area contributed by atoms with E-state index in [4.69, 9.17) is 0 Å². The van der Waals surface area contributed by atoms with Crippen LogP contribution < -0.4 is 5.32 Å². The van der Waals surface area contributed by atoms with Crippen LogP contribution in [0.4, 0.5) is 5.82 Å². The van der Waals surface area contributed by atoms with Gasteiger partial charge in [0.2, 0.25) is 0 Å². The Morgan fingerprint density at radius 3 is 2.67 bits per heavy atom. The number of hydrogen-bond acceptors (Lipinski definition) is 4. The summed E-state index contributed by atoms with van der Waals surface area (Å²) in [6, 6.07) is 10.8. The van der Waals surface area contributed by atoms with Crippen LogP contribution in [0.3, 0.4) is 0 Å². The molecule has 110 valence electrons. The molecule has 5 nitrogen and oxygen atoms in total. The van der Waals surface area contributed by atoms with Crippen LogP contribution in [0.5, 0.6) is 0 Å². The highest BCUT2D eigenvalue weighted by Gasteiger charge is 2.16. The maximum Gasteiger partial charge on any atom is 0.339 e. The fraction of sp³-hybridized carbons (Fsp3) is 0.200. The summed E-state index contributed by atoms with van der Waals surface area (Å²) in [4.78, 5) is 15.3. The number of rotatable bonds is 6. The summed E-state index contributed by atoms with van der Waals surface area (Å²) in [6.07, 6.45) is 2.10. The maximum atomic E-state index is 11.2. The zero-order valence-electron chi connectivity index (χ0n) is 11.2. The molecule has 0 amide bonds. The van der Waals surface area contributed by atoms with E-state index in [1.807, 2.05) is 30.3 Å². The van der Waals surface area contributed by atoms with Gasteiger partial charge in [-0.2, -0.15) is 0 Å². The van der Waals surface area contributed by atoms with Crippen LogP contribution in [0.15, 0.2) is 47.1 Å². The Kier molecular flexibility index (Phi) is 5.30. The monoisotopic (exact) mass is 350 g/mol. The molecule has 0 aliphatic carbocycles. The number of anilines is 1. The van der Waals surface area contributed by atoms with Gasteiger partial charge in [-0.15, -0.1) is 0 Å². The van der Waals surface area contributed by atoms with Crippen LogP contribution >= 0.6 is 15.9 Å². The fourth-order valence-corrected chi connectivity index (χ4v) is 2.30. The van der Waals surface area contributed by atoms with Crippen LogP contribution in [0.2, 0.25) is 0 Å². The van der Waals surface area contributed by atoms with Gasteiger partial charge in [0.05, 0.1) is 12.6 Å². The van der Waals surface area contributed by atoms with Gasteiger partial charge in [0, 0.05) is 10.7 Å². The van der Waals surface area contributed by atoms with Crippen molar-refractivity contribution in [2.75, 3.05) is 11.9 Å². The second kappa shape index (κ2) is 7.19. The van der Waals surface area contributed by atoms with E-state index in [-0.39, 0.29) is 24.0 Å². The number of aromatic carboxylic acids is 1. The second-order valence-electron chi connectivity index (χ2n) is 4.57. The number of nitrogens with one attached hydrogen (secondary N) is 1. The molecule has 6 heteroatoms. The summed E-state index contributed by atoms with van der Waals surface area (Å²) < 4.78 is 0.592. The Hall–Kier alpha value is -1.92. The fourth-order valence-electron chi connectivity index (χ4n) is 1.97. The average molecular weight is 351 g/mol. The van der Waals surface area contributed by atoms with Gasteiger partial charge in [-0.05, 0) is 34.0 Å². The maximum absolute atomic E-state index is 11.2. The molecule has 0 bridgehead atoms. The molecule has 1 unspecified atom stereocenters. The lowest BCUT2D eigenvalue weighted by atomic mass is 10.1. The first kappa shape index (κ1) is 15.5. The zero-order valence-corrected chi connectivity index (χ0v) is 12.7. The summed E-state index contributed by atoms with van der Waals surface area (Å²) >= 11 is 3.20. The van der Waals surface area contributed by atoms with Crippen LogP contribution in [0, 0.1) is 0 Å². The molecule has 0 aliphatic rings. The van der Waals surface area contributed by atoms with Gasteiger partial charge in [0.1, 0.15) is 11.4 Å². The number of carboxylic acid groups (broad SMARTS) is 1. The minimum absolute atomic E-state index is 0.0656. The predicted molar refractivity (Wildman–Crippen MR) is 83.5 cm³/mol. The molecule has 0 spiro atoms. The molecule has 0 fully saturated rings. The molecule has 1 aromatic heterocycles. The Bertz CT molecular complexity index is 620. The number of carbonyl (C=O) groups is 1. The molecule has 0 saturated carbocycles. The van der Waals surface area contributed by atoms with E-state index in [0.717, 1.165) is 5.56 Å². The first-order valence-corrected chi connectivity index (χ1v) is 7.19. The minimum Gasteiger partial charge on any atom is -0.478 e. The third-order valence-corrected chi connectivity index (χ3v) is 3.40. The highest BCUT2D eigenvalue weighted by atomic mass is 79.9. The average Bonchev–Trinajstić information content (AvgIpc) is 2.49. The highest BCUT2D eigenvalue weighted by molar-refractivity contribution is 9.10. The normalized spacial score (nSPS) is 11.9.